The van der Waals surface area contributed by atoms with Gasteiger partial charge in [0.25, 0.3) is 0 Å². The standard InChI is InChI=1S/C20H24N2O3S/c23-20(12-16-5-4-10-26-16)21-13-17(22-8-2-1-3-9-22)15-6-7-18-19(11-15)25-14-24-18/h4-7,10-11,17H,1-3,8-9,12-14H2,(H,21,23). The van der Waals surface area contributed by atoms with Gasteiger partial charge < -0.3 is 14.8 Å². The molecule has 0 radical (unpaired) electrons. The Morgan fingerprint density at radius 1 is 1.15 bits per heavy atom. The lowest BCUT2D eigenvalue weighted by Crippen LogP contribution is -2.41. The first-order valence-electron chi connectivity index (χ1n) is 9.22. The predicted octanol–water partition coefficient (Wildman–Crippen LogP) is 3.36. The number of piperidine rings is 1. The number of likely N-dealkylation sites (tertiary alicyclic amines) is 1. The number of benzene rings is 1. The number of carbonyl (C=O) groups excluding carboxylic acids is 1. The van der Waals surface area contributed by atoms with Crippen molar-refractivity contribution in [3.63, 3.8) is 0 Å². The Morgan fingerprint density at radius 2 is 2.00 bits per heavy atom. The number of nitrogens with zero attached hydrogens (tertiary/aromatic N) is 1. The summed E-state index contributed by atoms with van der Waals surface area (Å²) in [5.41, 5.74) is 1.17. The number of thiophene rings is 1. The fourth-order valence-corrected chi connectivity index (χ4v) is 4.36. The van der Waals surface area contributed by atoms with E-state index in [1.54, 1.807) is 11.3 Å². The molecule has 1 N–H and O–H groups in total. The van der Waals surface area contributed by atoms with E-state index in [0.29, 0.717) is 13.0 Å². The summed E-state index contributed by atoms with van der Waals surface area (Å²) >= 11 is 1.62. The van der Waals surface area contributed by atoms with Gasteiger partial charge in [0.05, 0.1) is 12.5 Å². The van der Waals surface area contributed by atoms with Crippen LogP contribution in [0.15, 0.2) is 35.7 Å². The zero-order valence-corrected chi connectivity index (χ0v) is 15.6. The minimum Gasteiger partial charge on any atom is -0.454 e. The summed E-state index contributed by atoms with van der Waals surface area (Å²) in [6.07, 6.45) is 4.16. The largest absolute Gasteiger partial charge is 0.454 e. The molecule has 2 aliphatic rings. The molecule has 0 spiro atoms. The number of hydrogen-bond acceptors (Lipinski definition) is 5. The van der Waals surface area contributed by atoms with Crippen molar-refractivity contribution in [1.29, 1.82) is 0 Å². The molecule has 6 heteroatoms. The second kappa shape index (κ2) is 8.10. The van der Waals surface area contributed by atoms with Crippen molar-refractivity contribution < 1.29 is 14.3 Å². The minimum atomic E-state index is 0.0789. The monoisotopic (exact) mass is 372 g/mol. The molecule has 1 aromatic heterocycles. The summed E-state index contributed by atoms with van der Waals surface area (Å²) in [6, 6.07) is 10.3. The second-order valence-corrected chi connectivity index (χ2v) is 7.82. The third-order valence-corrected chi connectivity index (χ3v) is 5.90. The van der Waals surface area contributed by atoms with Crippen LogP contribution < -0.4 is 14.8 Å². The van der Waals surface area contributed by atoms with E-state index in [2.05, 4.69) is 22.3 Å². The lowest BCUT2D eigenvalue weighted by Gasteiger charge is -2.35. The van der Waals surface area contributed by atoms with Crippen molar-refractivity contribution in [2.24, 2.45) is 0 Å². The minimum absolute atomic E-state index is 0.0789. The van der Waals surface area contributed by atoms with Crippen LogP contribution in [0.4, 0.5) is 0 Å². The van der Waals surface area contributed by atoms with Gasteiger partial charge in [0.2, 0.25) is 12.7 Å². The fourth-order valence-electron chi connectivity index (χ4n) is 3.65. The van der Waals surface area contributed by atoms with Crippen LogP contribution in [-0.2, 0) is 11.2 Å². The van der Waals surface area contributed by atoms with Gasteiger partial charge >= 0.3 is 0 Å². The van der Waals surface area contributed by atoms with Crippen LogP contribution in [0, 0.1) is 0 Å². The summed E-state index contributed by atoms with van der Waals surface area (Å²) in [5, 5.41) is 5.14. The first-order valence-corrected chi connectivity index (χ1v) is 10.1. The van der Waals surface area contributed by atoms with E-state index in [0.717, 1.165) is 29.5 Å². The number of amides is 1. The van der Waals surface area contributed by atoms with Gasteiger partial charge in [-0.3, -0.25) is 9.69 Å². The highest BCUT2D eigenvalue weighted by atomic mass is 32.1. The quantitative estimate of drug-likeness (QED) is 0.845. The van der Waals surface area contributed by atoms with Gasteiger partial charge in [-0.1, -0.05) is 18.6 Å². The smallest absolute Gasteiger partial charge is 0.231 e. The van der Waals surface area contributed by atoms with E-state index in [-0.39, 0.29) is 18.7 Å². The molecule has 0 aliphatic carbocycles. The molecular weight excluding hydrogens is 348 g/mol. The lowest BCUT2D eigenvalue weighted by molar-refractivity contribution is -0.120. The van der Waals surface area contributed by atoms with Crippen molar-refractivity contribution in [2.75, 3.05) is 26.4 Å². The van der Waals surface area contributed by atoms with Crippen molar-refractivity contribution in [3.8, 4) is 11.5 Å². The van der Waals surface area contributed by atoms with Gasteiger partial charge in [-0.2, -0.15) is 0 Å². The Balaban J connectivity index is 1.46. The zero-order chi connectivity index (χ0) is 17.8. The molecule has 1 aromatic carbocycles. The highest BCUT2D eigenvalue weighted by Crippen LogP contribution is 2.36. The van der Waals surface area contributed by atoms with E-state index in [1.807, 2.05) is 23.6 Å². The third kappa shape index (κ3) is 4.02. The average molecular weight is 372 g/mol. The number of hydrogen-bond donors (Lipinski definition) is 1. The van der Waals surface area contributed by atoms with Crippen LogP contribution in [-0.4, -0.2) is 37.2 Å². The van der Waals surface area contributed by atoms with Crippen molar-refractivity contribution in [3.05, 3.63) is 46.2 Å². The number of ether oxygens (including phenoxy) is 2. The van der Waals surface area contributed by atoms with Crippen molar-refractivity contribution in [2.45, 2.75) is 31.7 Å². The van der Waals surface area contributed by atoms with Gasteiger partial charge in [0.15, 0.2) is 11.5 Å². The Morgan fingerprint density at radius 3 is 2.81 bits per heavy atom. The van der Waals surface area contributed by atoms with Crippen LogP contribution in [0.2, 0.25) is 0 Å². The molecule has 138 valence electrons. The summed E-state index contributed by atoms with van der Waals surface area (Å²) in [4.78, 5) is 15.9. The molecule has 4 rings (SSSR count). The Bertz CT molecular complexity index is 742. The highest BCUT2D eigenvalue weighted by Gasteiger charge is 2.25. The second-order valence-electron chi connectivity index (χ2n) is 6.79. The molecule has 26 heavy (non-hydrogen) atoms. The topological polar surface area (TPSA) is 50.8 Å². The molecule has 1 unspecified atom stereocenters. The lowest BCUT2D eigenvalue weighted by atomic mass is 10.0. The van der Waals surface area contributed by atoms with Gasteiger partial charge in [-0.15, -0.1) is 11.3 Å². The van der Waals surface area contributed by atoms with Crippen LogP contribution >= 0.6 is 11.3 Å². The molecule has 1 fully saturated rings. The van der Waals surface area contributed by atoms with E-state index < -0.39 is 0 Å². The van der Waals surface area contributed by atoms with Gasteiger partial charge in [0.1, 0.15) is 0 Å². The van der Waals surface area contributed by atoms with Crippen LogP contribution in [0.1, 0.15) is 35.7 Å². The maximum absolute atomic E-state index is 12.3. The number of fused-ring (bicyclic) bond motifs is 1. The molecule has 1 amide bonds. The Labute approximate surface area is 157 Å². The maximum Gasteiger partial charge on any atom is 0.231 e. The normalized spacial score (nSPS) is 17.8. The SMILES string of the molecule is O=C(Cc1cccs1)NCC(c1ccc2c(c1)OCO2)N1CCCCC1. The van der Waals surface area contributed by atoms with E-state index in [4.69, 9.17) is 9.47 Å². The highest BCUT2D eigenvalue weighted by molar-refractivity contribution is 7.10. The number of rotatable bonds is 6. The maximum atomic E-state index is 12.3. The summed E-state index contributed by atoms with van der Waals surface area (Å²) in [5.74, 6) is 1.68. The first-order chi connectivity index (χ1) is 12.8. The molecule has 2 aromatic rings. The van der Waals surface area contributed by atoms with Crippen LogP contribution in [0.25, 0.3) is 0 Å². The van der Waals surface area contributed by atoms with Gasteiger partial charge in [0, 0.05) is 11.4 Å². The predicted molar refractivity (Wildman–Crippen MR) is 102 cm³/mol. The fraction of sp³-hybridized carbons (Fsp3) is 0.450. The summed E-state index contributed by atoms with van der Waals surface area (Å²) in [7, 11) is 0. The molecule has 1 saturated heterocycles. The molecular formula is C20H24N2O3S. The zero-order valence-electron chi connectivity index (χ0n) is 14.8. The van der Waals surface area contributed by atoms with Crippen LogP contribution in [0.5, 0.6) is 11.5 Å². The summed E-state index contributed by atoms with van der Waals surface area (Å²) < 4.78 is 11.0. The molecule has 0 saturated carbocycles. The third-order valence-electron chi connectivity index (χ3n) is 5.02. The first kappa shape index (κ1) is 17.4. The van der Waals surface area contributed by atoms with Crippen molar-refractivity contribution >= 4 is 17.2 Å². The average Bonchev–Trinajstić information content (AvgIpc) is 3.34. The number of nitrogens with one attached hydrogen (secondary N) is 1. The van der Waals surface area contributed by atoms with E-state index in [1.165, 1.54) is 24.8 Å². The van der Waals surface area contributed by atoms with E-state index in [9.17, 15) is 4.79 Å². The molecule has 1 atom stereocenters. The molecule has 5 nitrogen and oxygen atoms in total. The van der Waals surface area contributed by atoms with Crippen LogP contribution in [0.3, 0.4) is 0 Å². The van der Waals surface area contributed by atoms with Gasteiger partial charge in [-0.25, -0.2) is 0 Å². The van der Waals surface area contributed by atoms with Crippen molar-refractivity contribution in [1.82, 2.24) is 10.2 Å². The Hall–Kier alpha value is -2.05. The van der Waals surface area contributed by atoms with E-state index >= 15 is 0 Å². The van der Waals surface area contributed by atoms with Gasteiger partial charge in [-0.05, 0) is 55.1 Å². The summed E-state index contributed by atoms with van der Waals surface area (Å²) in [6.45, 7) is 3.04. The molecule has 0 bridgehead atoms. The number of carbonyl (C=O) groups is 1. The molecule has 3 heterocycles. The molecule has 2 aliphatic heterocycles. The Kier molecular flexibility index (Phi) is 5.41.